The number of hydrogen-bond donors (Lipinski definition) is 0. The summed E-state index contributed by atoms with van der Waals surface area (Å²) in [5.41, 5.74) is 0.717. The third-order valence-corrected chi connectivity index (χ3v) is 3.57. The largest absolute Gasteiger partial charge is 0.348 e. The van der Waals surface area contributed by atoms with E-state index in [2.05, 4.69) is 0 Å². The fraction of sp³-hybridized carbons (Fsp3) is 0.500. The molecule has 1 rings (SSSR count). The second-order valence-electron chi connectivity index (χ2n) is 5.71. The van der Waals surface area contributed by atoms with E-state index in [1.165, 1.54) is 0 Å². The van der Waals surface area contributed by atoms with E-state index >= 15 is 0 Å². The minimum absolute atomic E-state index is 0.0703. The van der Waals surface area contributed by atoms with Crippen LogP contribution in [-0.4, -0.2) is 24.9 Å². The van der Waals surface area contributed by atoms with Crippen LogP contribution in [0.25, 0.3) is 0 Å². The van der Waals surface area contributed by atoms with E-state index in [0.717, 1.165) is 5.56 Å². The Morgan fingerprint density at radius 2 is 1.72 bits per heavy atom. The molecule has 2 nitrogen and oxygen atoms in total. The molecule has 0 saturated heterocycles. The molecule has 0 aliphatic rings. The molecule has 100 valence electrons. The van der Waals surface area contributed by atoms with Gasteiger partial charge in [0.15, 0.2) is 0 Å². The summed E-state index contributed by atoms with van der Waals surface area (Å²) in [5, 5.41) is 0.986. The first kappa shape index (κ1) is 15.3. The molecule has 4 heteroatoms. The zero-order chi connectivity index (χ0) is 14.1. The Hall–Kier alpha value is -0.730. The van der Waals surface area contributed by atoms with Gasteiger partial charge in [-0.2, -0.15) is 0 Å². The van der Waals surface area contributed by atoms with Crippen molar-refractivity contribution in [2.24, 2.45) is 5.41 Å². The van der Waals surface area contributed by atoms with Crippen molar-refractivity contribution in [2.75, 3.05) is 14.1 Å². The number of carbonyl (C=O) groups excluding carboxylic acids is 1. The Bertz CT molecular complexity index is 450. The number of nitrogens with zero attached hydrogens (tertiary/aromatic N) is 1. The Balaban J connectivity index is 3.27. The van der Waals surface area contributed by atoms with Gasteiger partial charge in [-0.25, -0.2) is 0 Å². The third kappa shape index (κ3) is 3.39. The van der Waals surface area contributed by atoms with Crippen LogP contribution in [0.4, 0.5) is 0 Å². The van der Waals surface area contributed by atoms with Gasteiger partial charge in [0.2, 0.25) is 5.91 Å². The predicted octanol–water partition coefficient (Wildman–Crippen LogP) is 4.21. The van der Waals surface area contributed by atoms with Gasteiger partial charge < -0.3 is 4.90 Å². The van der Waals surface area contributed by atoms with Crippen molar-refractivity contribution < 1.29 is 4.79 Å². The number of carbonyl (C=O) groups is 1. The van der Waals surface area contributed by atoms with Gasteiger partial charge in [0.1, 0.15) is 0 Å². The van der Waals surface area contributed by atoms with Crippen LogP contribution < -0.4 is 0 Å². The lowest BCUT2D eigenvalue weighted by atomic mass is 9.75. The van der Waals surface area contributed by atoms with Gasteiger partial charge >= 0.3 is 0 Å². The van der Waals surface area contributed by atoms with Crippen LogP contribution in [0, 0.1) is 5.41 Å². The molecule has 1 aromatic carbocycles. The highest BCUT2D eigenvalue weighted by atomic mass is 35.5. The zero-order valence-electron chi connectivity index (χ0n) is 11.4. The van der Waals surface area contributed by atoms with Crippen molar-refractivity contribution in [3.63, 3.8) is 0 Å². The summed E-state index contributed by atoms with van der Waals surface area (Å²) in [6.45, 7) is 6.13. The highest BCUT2D eigenvalue weighted by molar-refractivity contribution is 6.42. The molecule has 0 aliphatic carbocycles. The van der Waals surface area contributed by atoms with Crippen molar-refractivity contribution in [1.82, 2.24) is 4.90 Å². The molecule has 0 spiro atoms. The highest BCUT2D eigenvalue weighted by Gasteiger charge is 2.34. The lowest BCUT2D eigenvalue weighted by Gasteiger charge is -2.32. The van der Waals surface area contributed by atoms with E-state index in [1.54, 1.807) is 31.1 Å². The van der Waals surface area contributed by atoms with E-state index in [-0.39, 0.29) is 17.2 Å². The molecule has 1 aromatic rings. The van der Waals surface area contributed by atoms with Crippen LogP contribution in [0.5, 0.6) is 0 Å². The smallest absolute Gasteiger partial charge is 0.230 e. The molecule has 0 radical (unpaired) electrons. The minimum atomic E-state index is -0.234. The molecule has 0 fully saturated rings. The summed E-state index contributed by atoms with van der Waals surface area (Å²) in [6, 6.07) is 5.38. The van der Waals surface area contributed by atoms with Crippen molar-refractivity contribution >= 4 is 29.1 Å². The average Bonchev–Trinajstić information content (AvgIpc) is 2.21. The van der Waals surface area contributed by atoms with Gasteiger partial charge in [-0.15, -0.1) is 0 Å². The van der Waals surface area contributed by atoms with Gasteiger partial charge in [0, 0.05) is 14.1 Å². The standard InChI is InChI=1S/C14H19Cl2NO/c1-14(2,3)12(13(18)17(4)5)9-6-7-10(15)11(16)8-9/h6-8,12H,1-5H3. The molecule has 0 bridgehead atoms. The zero-order valence-corrected chi connectivity index (χ0v) is 12.9. The average molecular weight is 288 g/mol. The molecule has 1 atom stereocenters. The van der Waals surface area contributed by atoms with Gasteiger partial charge in [-0.05, 0) is 23.1 Å². The van der Waals surface area contributed by atoms with Gasteiger partial charge in [0.25, 0.3) is 0 Å². The fourth-order valence-corrected chi connectivity index (χ4v) is 2.27. The van der Waals surface area contributed by atoms with Crippen LogP contribution in [-0.2, 0) is 4.79 Å². The number of likely N-dealkylation sites (N-methyl/N-ethyl adjacent to an activating group) is 1. The Morgan fingerprint density at radius 1 is 1.17 bits per heavy atom. The first-order valence-corrected chi connectivity index (χ1v) is 6.56. The summed E-state index contributed by atoms with van der Waals surface area (Å²) in [5.74, 6) is -0.164. The van der Waals surface area contributed by atoms with Crippen LogP contribution in [0.3, 0.4) is 0 Å². The SMILES string of the molecule is CN(C)C(=O)C(c1ccc(Cl)c(Cl)c1)C(C)(C)C. The van der Waals surface area contributed by atoms with E-state index in [4.69, 9.17) is 23.2 Å². The molecule has 0 aliphatic heterocycles. The molecule has 1 unspecified atom stereocenters. The predicted molar refractivity (Wildman–Crippen MR) is 77.4 cm³/mol. The highest BCUT2D eigenvalue weighted by Crippen LogP contribution is 2.38. The van der Waals surface area contributed by atoms with Gasteiger partial charge in [-0.3, -0.25) is 4.79 Å². The third-order valence-electron chi connectivity index (χ3n) is 2.83. The van der Waals surface area contributed by atoms with E-state index in [9.17, 15) is 4.79 Å². The molecule has 0 heterocycles. The minimum Gasteiger partial charge on any atom is -0.348 e. The maximum absolute atomic E-state index is 12.3. The summed E-state index contributed by atoms with van der Waals surface area (Å²) >= 11 is 11.9. The number of amides is 1. The summed E-state index contributed by atoms with van der Waals surface area (Å²) < 4.78 is 0. The van der Waals surface area contributed by atoms with Crippen LogP contribution >= 0.6 is 23.2 Å². The molecule has 1 amide bonds. The monoisotopic (exact) mass is 287 g/mol. The van der Waals surface area contributed by atoms with Crippen molar-refractivity contribution in [3.05, 3.63) is 33.8 Å². The van der Waals surface area contributed by atoms with Gasteiger partial charge in [-0.1, -0.05) is 50.0 Å². The number of halogens is 2. The lowest BCUT2D eigenvalue weighted by Crippen LogP contribution is -2.35. The Kier molecular flexibility index (Phi) is 4.68. The second kappa shape index (κ2) is 5.50. The molecule has 0 N–H and O–H groups in total. The first-order valence-electron chi connectivity index (χ1n) is 5.80. The summed E-state index contributed by atoms with van der Waals surface area (Å²) in [7, 11) is 3.52. The quantitative estimate of drug-likeness (QED) is 0.798. The first-order chi connectivity index (χ1) is 8.14. The summed E-state index contributed by atoms with van der Waals surface area (Å²) in [6.07, 6.45) is 0. The van der Waals surface area contributed by atoms with Crippen molar-refractivity contribution in [1.29, 1.82) is 0 Å². The molecular formula is C14H19Cl2NO. The van der Waals surface area contributed by atoms with E-state index < -0.39 is 0 Å². The Morgan fingerprint density at radius 3 is 2.11 bits per heavy atom. The van der Waals surface area contributed by atoms with Crippen molar-refractivity contribution in [3.8, 4) is 0 Å². The van der Waals surface area contributed by atoms with Crippen molar-refractivity contribution in [2.45, 2.75) is 26.7 Å². The van der Waals surface area contributed by atoms with Crippen LogP contribution in [0.2, 0.25) is 10.0 Å². The maximum atomic E-state index is 12.3. The van der Waals surface area contributed by atoms with E-state index in [0.29, 0.717) is 10.0 Å². The molecular weight excluding hydrogens is 269 g/mol. The summed E-state index contributed by atoms with van der Waals surface area (Å²) in [4.78, 5) is 13.9. The number of benzene rings is 1. The van der Waals surface area contributed by atoms with Gasteiger partial charge in [0.05, 0.1) is 16.0 Å². The van der Waals surface area contributed by atoms with E-state index in [1.807, 2.05) is 26.8 Å². The molecule has 18 heavy (non-hydrogen) atoms. The Labute approximate surface area is 119 Å². The lowest BCUT2D eigenvalue weighted by molar-refractivity contribution is -0.132. The maximum Gasteiger partial charge on any atom is 0.230 e. The number of rotatable bonds is 2. The second-order valence-corrected chi connectivity index (χ2v) is 6.52. The topological polar surface area (TPSA) is 20.3 Å². The molecule has 0 aromatic heterocycles. The van der Waals surface area contributed by atoms with Crippen LogP contribution in [0.1, 0.15) is 32.3 Å². The molecule has 0 saturated carbocycles. The normalized spacial score (nSPS) is 13.3. The van der Waals surface area contributed by atoms with Crippen LogP contribution in [0.15, 0.2) is 18.2 Å². The number of hydrogen-bond acceptors (Lipinski definition) is 1. The fourth-order valence-electron chi connectivity index (χ4n) is 1.96.